The fraction of sp³-hybridized carbons (Fsp3) is 0.0164. The van der Waals surface area contributed by atoms with Crippen LogP contribution < -0.4 is 0 Å². The summed E-state index contributed by atoms with van der Waals surface area (Å²) in [5, 5.41) is 4.70. The zero-order chi connectivity index (χ0) is 41.7. The van der Waals surface area contributed by atoms with E-state index in [1.165, 1.54) is 66.2 Å². The fourth-order valence-electron chi connectivity index (χ4n) is 10.0. The molecule has 2 nitrogen and oxygen atoms in total. The number of fused-ring (bicyclic) bond motifs is 5. The third-order valence-corrected chi connectivity index (χ3v) is 13.0. The highest BCUT2D eigenvalue weighted by molar-refractivity contribution is 6.05. The average molecular weight is 801 g/mol. The summed E-state index contributed by atoms with van der Waals surface area (Å²) < 4.78 is 0. The molecule has 0 bridgehead atoms. The zero-order valence-corrected chi connectivity index (χ0v) is 34.5. The molecule has 1 heterocycles. The molecule has 0 saturated carbocycles. The van der Waals surface area contributed by atoms with Crippen LogP contribution in [0.25, 0.3) is 88.8 Å². The van der Waals surface area contributed by atoms with E-state index in [2.05, 4.69) is 243 Å². The van der Waals surface area contributed by atoms with Gasteiger partial charge in [0.15, 0.2) is 5.82 Å². The van der Waals surface area contributed by atoms with Crippen molar-refractivity contribution in [3.63, 3.8) is 0 Å². The molecule has 2 heteroatoms. The summed E-state index contributed by atoms with van der Waals surface area (Å²) in [7, 11) is 0. The molecule has 1 aliphatic carbocycles. The van der Waals surface area contributed by atoms with E-state index in [4.69, 9.17) is 9.97 Å². The van der Waals surface area contributed by atoms with Crippen LogP contribution in [0, 0.1) is 0 Å². The maximum Gasteiger partial charge on any atom is 0.160 e. The Balaban J connectivity index is 1.03. The Kier molecular flexibility index (Phi) is 8.76. The van der Waals surface area contributed by atoms with Gasteiger partial charge in [0, 0.05) is 16.7 Å². The van der Waals surface area contributed by atoms with Crippen LogP contribution in [0.3, 0.4) is 0 Å². The summed E-state index contributed by atoms with van der Waals surface area (Å²) in [5.41, 5.74) is 16.8. The molecule has 0 N–H and O–H groups in total. The average Bonchev–Trinajstić information content (AvgIpc) is 3.67. The van der Waals surface area contributed by atoms with Gasteiger partial charge in [0.05, 0.1) is 16.8 Å². The second-order valence-corrected chi connectivity index (χ2v) is 16.5. The lowest BCUT2D eigenvalue weighted by atomic mass is 9.67. The van der Waals surface area contributed by atoms with E-state index < -0.39 is 5.41 Å². The lowest BCUT2D eigenvalue weighted by molar-refractivity contribution is 0.769. The summed E-state index contributed by atoms with van der Waals surface area (Å²) in [4.78, 5) is 10.6. The van der Waals surface area contributed by atoms with Crippen LogP contribution in [0.15, 0.2) is 243 Å². The van der Waals surface area contributed by atoms with E-state index in [0.717, 1.165) is 39.0 Å². The zero-order valence-electron chi connectivity index (χ0n) is 34.5. The van der Waals surface area contributed by atoms with E-state index >= 15 is 0 Å². The van der Waals surface area contributed by atoms with Gasteiger partial charge >= 0.3 is 0 Å². The molecule has 0 atom stereocenters. The van der Waals surface area contributed by atoms with Gasteiger partial charge in [0.1, 0.15) is 0 Å². The van der Waals surface area contributed by atoms with Crippen molar-refractivity contribution in [2.45, 2.75) is 5.41 Å². The topological polar surface area (TPSA) is 25.8 Å². The van der Waals surface area contributed by atoms with E-state index in [-0.39, 0.29) is 0 Å². The predicted molar refractivity (Wildman–Crippen MR) is 262 cm³/mol. The van der Waals surface area contributed by atoms with Crippen molar-refractivity contribution < 1.29 is 0 Å². The van der Waals surface area contributed by atoms with Gasteiger partial charge in [-0.25, -0.2) is 9.97 Å². The van der Waals surface area contributed by atoms with E-state index in [1.807, 2.05) is 0 Å². The van der Waals surface area contributed by atoms with Crippen LogP contribution in [-0.2, 0) is 5.41 Å². The molecule has 294 valence electrons. The molecule has 0 aliphatic heterocycles. The fourth-order valence-corrected chi connectivity index (χ4v) is 10.0. The van der Waals surface area contributed by atoms with Gasteiger partial charge in [-0.2, -0.15) is 0 Å². The predicted octanol–water partition coefficient (Wildman–Crippen LogP) is 15.5. The SMILES string of the molecule is c1ccc(-c2ccc(-c3nc(-c4ccc5ccccc5c4)cc(-c4ccc(-c5ccc6c(c5)C(c5ccccc5)(c5ccccc5)c5ccccc5-6)c5ccccc45)n3)cc2)cc1. The molecule has 0 unspecified atom stereocenters. The van der Waals surface area contributed by atoms with Gasteiger partial charge in [-0.3, -0.25) is 0 Å². The largest absolute Gasteiger partial charge is 0.228 e. The number of rotatable bonds is 7. The Hall–Kier alpha value is -8.20. The molecule has 1 aromatic heterocycles. The number of aromatic nitrogens is 2. The van der Waals surface area contributed by atoms with Gasteiger partial charge in [-0.05, 0) is 95.4 Å². The minimum absolute atomic E-state index is 0.476. The number of hydrogen-bond acceptors (Lipinski definition) is 2. The maximum absolute atomic E-state index is 5.36. The molecular weight excluding hydrogens is 761 g/mol. The maximum atomic E-state index is 5.36. The third kappa shape index (κ3) is 6.10. The molecule has 0 fully saturated rings. The second-order valence-electron chi connectivity index (χ2n) is 16.5. The van der Waals surface area contributed by atoms with Crippen LogP contribution >= 0.6 is 0 Å². The smallest absolute Gasteiger partial charge is 0.160 e. The molecule has 1 aliphatic rings. The molecule has 63 heavy (non-hydrogen) atoms. The molecule has 0 saturated heterocycles. The lowest BCUT2D eigenvalue weighted by Gasteiger charge is -2.34. The third-order valence-electron chi connectivity index (χ3n) is 13.0. The van der Waals surface area contributed by atoms with Gasteiger partial charge in [-0.15, -0.1) is 0 Å². The number of nitrogens with zero attached hydrogens (tertiary/aromatic N) is 2. The van der Waals surface area contributed by atoms with E-state index in [0.29, 0.717) is 5.82 Å². The van der Waals surface area contributed by atoms with Crippen molar-refractivity contribution in [3.05, 3.63) is 265 Å². The molecule has 0 radical (unpaired) electrons. The van der Waals surface area contributed by atoms with Crippen molar-refractivity contribution in [1.82, 2.24) is 9.97 Å². The summed E-state index contributed by atoms with van der Waals surface area (Å²) in [6.07, 6.45) is 0. The Bertz CT molecular complexity index is 3440. The minimum Gasteiger partial charge on any atom is -0.228 e. The summed E-state index contributed by atoms with van der Waals surface area (Å²) in [5.74, 6) is 0.694. The monoisotopic (exact) mass is 800 g/mol. The van der Waals surface area contributed by atoms with Gasteiger partial charge in [-0.1, -0.05) is 224 Å². The molecule has 11 aromatic rings. The van der Waals surface area contributed by atoms with Crippen molar-refractivity contribution >= 4 is 21.5 Å². The van der Waals surface area contributed by atoms with Crippen molar-refractivity contribution in [2.75, 3.05) is 0 Å². The van der Waals surface area contributed by atoms with Crippen LogP contribution in [0.2, 0.25) is 0 Å². The lowest BCUT2D eigenvalue weighted by Crippen LogP contribution is -2.28. The first kappa shape index (κ1) is 36.6. The van der Waals surface area contributed by atoms with Gasteiger partial charge in [0.25, 0.3) is 0 Å². The molecular formula is C61H40N2. The first-order valence-electron chi connectivity index (χ1n) is 21.6. The quantitative estimate of drug-likeness (QED) is 0.160. The first-order valence-corrected chi connectivity index (χ1v) is 21.6. The highest BCUT2D eigenvalue weighted by atomic mass is 14.9. The normalized spacial score (nSPS) is 12.6. The van der Waals surface area contributed by atoms with Gasteiger partial charge < -0.3 is 0 Å². The van der Waals surface area contributed by atoms with Crippen molar-refractivity contribution in [2.24, 2.45) is 0 Å². The Morgan fingerprint density at radius 1 is 0.270 bits per heavy atom. The van der Waals surface area contributed by atoms with Crippen molar-refractivity contribution in [1.29, 1.82) is 0 Å². The van der Waals surface area contributed by atoms with E-state index in [1.54, 1.807) is 0 Å². The molecule has 10 aromatic carbocycles. The standard InChI is InChI=1S/C61H40N2/c1-4-16-41(17-5-1)43-28-31-44(32-29-43)60-62-58(47-33-30-42-18-10-11-19-45(42)38-47)40-59(63-60)55-37-36-50(51-24-12-13-25-52(51)55)46-34-35-54-53-26-14-15-27-56(53)61(57(54)39-46,48-20-6-2-7-21-48)49-22-8-3-9-23-49/h1-40H. The van der Waals surface area contributed by atoms with E-state index in [9.17, 15) is 0 Å². The summed E-state index contributed by atoms with van der Waals surface area (Å²) in [6.45, 7) is 0. The van der Waals surface area contributed by atoms with Crippen LogP contribution in [0.1, 0.15) is 22.3 Å². The highest BCUT2D eigenvalue weighted by Crippen LogP contribution is 2.57. The number of benzene rings is 10. The molecule has 0 spiro atoms. The van der Waals surface area contributed by atoms with Crippen LogP contribution in [0.4, 0.5) is 0 Å². The van der Waals surface area contributed by atoms with Crippen LogP contribution in [0.5, 0.6) is 0 Å². The summed E-state index contributed by atoms with van der Waals surface area (Å²) in [6, 6.07) is 87.8. The molecule has 12 rings (SSSR count). The van der Waals surface area contributed by atoms with Gasteiger partial charge in [0.2, 0.25) is 0 Å². The number of hydrogen-bond donors (Lipinski definition) is 0. The summed E-state index contributed by atoms with van der Waals surface area (Å²) >= 11 is 0. The Labute approximate surface area is 367 Å². The minimum atomic E-state index is -0.476. The highest BCUT2D eigenvalue weighted by Gasteiger charge is 2.46. The van der Waals surface area contributed by atoms with Crippen LogP contribution in [-0.4, -0.2) is 9.97 Å². The first-order chi connectivity index (χ1) is 31.2. The Morgan fingerprint density at radius 3 is 1.52 bits per heavy atom. The molecule has 0 amide bonds. The second kappa shape index (κ2) is 15.1. The Morgan fingerprint density at radius 2 is 0.778 bits per heavy atom. The van der Waals surface area contributed by atoms with Crippen molar-refractivity contribution in [3.8, 4) is 67.3 Å².